The third kappa shape index (κ3) is 3.66. The number of ether oxygens (including phenoxy) is 1. The van der Waals surface area contributed by atoms with E-state index in [1.165, 1.54) is 19.3 Å². The van der Waals surface area contributed by atoms with Crippen molar-refractivity contribution in [2.75, 3.05) is 11.9 Å². The highest BCUT2D eigenvalue weighted by atomic mass is 16.5. The van der Waals surface area contributed by atoms with E-state index in [0.717, 1.165) is 24.4 Å². The highest BCUT2D eigenvalue weighted by Crippen LogP contribution is 2.43. The van der Waals surface area contributed by atoms with Crippen molar-refractivity contribution < 1.29 is 9.53 Å². The maximum atomic E-state index is 12.4. The molecule has 5 nitrogen and oxygen atoms in total. The van der Waals surface area contributed by atoms with Crippen LogP contribution in [0.15, 0.2) is 48.7 Å². The number of anilines is 1. The van der Waals surface area contributed by atoms with E-state index in [1.807, 2.05) is 42.5 Å². The lowest BCUT2D eigenvalue weighted by atomic mass is 9.77. The van der Waals surface area contributed by atoms with Gasteiger partial charge in [-0.25, -0.2) is 0 Å². The predicted octanol–water partition coefficient (Wildman–Crippen LogP) is 3.14. The molecule has 1 atom stereocenters. The van der Waals surface area contributed by atoms with Crippen LogP contribution in [0, 0.1) is 0 Å². The number of hydrogen-bond donors (Lipinski definition) is 2. The van der Waals surface area contributed by atoms with Crippen LogP contribution < -0.4 is 10.6 Å². The normalized spacial score (nSPS) is 20.9. The van der Waals surface area contributed by atoms with Crippen molar-refractivity contribution in [1.82, 2.24) is 10.3 Å². The van der Waals surface area contributed by atoms with E-state index in [1.54, 1.807) is 6.20 Å². The van der Waals surface area contributed by atoms with Crippen molar-refractivity contribution in [2.45, 2.75) is 43.9 Å². The maximum Gasteiger partial charge on any atom is 0.251 e. The third-order valence-electron chi connectivity index (χ3n) is 5.13. The Labute approximate surface area is 147 Å². The van der Waals surface area contributed by atoms with Crippen molar-refractivity contribution in [1.29, 1.82) is 0 Å². The molecular weight excluding hydrogens is 314 g/mol. The summed E-state index contributed by atoms with van der Waals surface area (Å²) in [6.45, 7) is 1.17. The fourth-order valence-electron chi connectivity index (χ4n) is 3.62. The molecule has 1 saturated carbocycles. The van der Waals surface area contributed by atoms with Crippen molar-refractivity contribution >= 4 is 11.6 Å². The highest BCUT2D eigenvalue weighted by molar-refractivity contribution is 5.95. The van der Waals surface area contributed by atoms with Gasteiger partial charge in [-0.3, -0.25) is 9.78 Å². The first-order valence-corrected chi connectivity index (χ1v) is 8.91. The van der Waals surface area contributed by atoms with Gasteiger partial charge in [0.15, 0.2) is 0 Å². The summed E-state index contributed by atoms with van der Waals surface area (Å²) in [5, 5.41) is 6.43. The second kappa shape index (κ2) is 6.84. The molecule has 0 bridgehead atoms. The molecule has 2 N–H and O–H groups in total. The lowest BCUT2D eigenvalue weighted by Gasteiger charge is -2.37. The van der Waals surface area contributed by atoms with Crippen LogP contribution in [0.3, 0.4) is 0 Å². The predicted molar refractivity (Wildman–Crippen MR) is 96.4 cm³/mol. The molecule has 2 aliphatic rings. The summed E-state index contributed by atoms with van der Waals surface area (Å²) in [5.41, 5.74) is 2.60. The molecule has 1 unspecified atom stereocenters. The number of hydrogen-bond acceptors (Lipinski definition) is 4. The fourth-order valence-corrected chi connectivity index (χ4v) is 3.62. The minimum atomic E-state index is -0.0903. The molecule has 1 amide bonds. The van der Waals surface area contributed by atoms with E-state index >= 15 is 0 Å². The number of nitrogens with zero attached hydrogens (tertiary/aromatic N) is 1. The number of nitrogens with one attached hydrogen (secondary N) is 2. The Morgan fingerprint density at radius 3 is 2.88 bits per heavy atom. The molecule has 1 aliphatic carbocycles. The zero-order chi connectivity index (χ0) is 17.1. The molecule has 1 saturated heterocycles. The van der Waals surface area contributed by atoms with Crippen LogP contribution in [0.5, 0.6) is 0 Å². The second-order valence-corrected chi connectivity index (χ2v) is 6.98. The van der Waals surface area contributed by atoms with Crippen LogP contribution in [-0.4, -0.2) is 29.1 Å². The lowest BCUT2D eigenvalue weighted by molar-refractivity contribution is -0.0562. The second-order valence-electron chi connectivity index (χ2n) is 6.98. The van der Waals surface area contributed by atoms with E-state index in [2.05, 4.69) is 15.6 Å². The summed E-state index contributed by atoms with van der Waals surface area (Å²) in [4.78, 5) is 16.6. The monoisotopic (exact) mass is 337 g/mol. The van der Waals surface area contributed by atoms with E-state index < -0.39 is 0 Å². The van der Waals surface area contributed by atoms with Crippen molar-refractivity contribution in [3.8, 4) is 0 Å². The molecule has 1 aromatic heterocycles. The number of amides is 1. The molecule has 130 valence electrons. The Morgan fingerprint density at radius 2 is 2.16 bits per heavy atom. The first-order valence-electron chi connectivity index (χ1n) is 8.91. The number of benzene rings is 1. The minimum Gasteiger partial charge on any atom is -0.380 e. The van der Waals surface area contributed by atoms with E-state index in [0.29, 0.717) is 18.2 Å². The number of carbonyl (C=O) groups is 1. The van der Waals surface area contributed by atoms with E-state index in [-0.39, 0.29) is 11.5 Å². The summed E-state index contributed by atoms with van der Waals surface area (Å²) >= 11 is 0. The standard InChI is InChI=1S/C20H23N3O2/c24-19(22-13-17-6-1-2-10-21-17)15-5-3-7-16(11-15)23-18-12-20(25-14-18)8-4-9-20/h1-3,5-7,10-11,18,23H,4,8-9,12-14H2,(H,22,24). The topological polar surface area (TPSA) is 63.2 Å². The fraction of sp³-hybridized carbons (Fsp3) is 0.400. The number of pyridine rings is 1. The van der Waals surface area contributed by atoms with Gasteiger partial charge in [0.1, 0.15) is 0 Å². The summed E-state index contributed by atoms with van der Waals surface area (Å²) in [7, 11) is 0. The Bertz CT molecular complexity index is 744. The first kappa shape index (κ1) is 16.1. The number of aromatic nitrogens is 1. The molecule has 2 heterocycles. The minimum absolute atomic E-state index is 0.0903. The molecule has 1 aromatic carbocycles. The molecule has 2 fully saturated rings. The van der Waals surface area contributed by atoms with Crippen molar-refractivity contribution in [3.63, 3.8) is 0 Å². The first-order chi connectivity index (χ1) is 12.2. The number of rotatable bonds is 5. The van der Waals surface area contributed by atoms with Gasteiger partial charge in [0, 0.05) is 17.4 Å². The van der Waals surface area contributed by atoms with Crippen LogP contribution in [0.2, 0.25) is 0 Å². The summed E-state index contributed by atoms with van der Waals surface area (Å²) in [6.07, 6.45) is 6.43. The molecular formula is C20H23N3O2. The zero-order valence-corrected chi connectivity index (χ0v) is 14.2. The maximum absolute atomic E-state index is 12.4. The summed E-state index contributed by atoms with van der Waals surface area (Å²) < 4.78 is 5.98. The van der Waals surface area contributed by atoms with Gasteiger partial charge in [0.2, 0.25) is 0 Å². The van der Waals surface area contributed by atoms with Gasteiger partial charge < -0.3 is 15.4 Å². The van der Waals surface area contributed by atoms with Crippen LogP contribution >= 0.6 is 0 Å². The summed E-state index contributed by atoms with van der Waals surface area (Å²) in [5.74, 6) is -0.0903. The zero-order valence-electron chi connectivity index (χ0n) is 14.2. The van der Waals surface area contributed by atoms with Crippen molar-refractivity contribution in [3.05, 3.63) is 59.9 Å². The summed E-state index contributed by atoms with van der Waals surface area (Å²) in [6, 6.07) is 13.6. The molecule has 0 radical (unpaired) electrons. The van der Waals surface area contributed by atoms with Gasteiger partial charge in [0.25, 0.3) is 5.91 Å². The molecule has 25 heavy (non-hydrogen) atoms. The SMILES string of the molecule is O=C(NCc1ccccn1)c1cccc(NC2COC3(CCC3)C2)c1. The molecule has 2 aromatic rings. The average molecular weight is 337 g/mol. The largest absolute Gasteiger partial charge is 0.380 e. The lowest BCUT2D eigenvalue weighted by Crippen LogP contribution is -2.36. The molecule has 1 aliphatic heterocycles. The van der Waals surface area contributed by atoms with Crippen LogP contribution in [0.25, 0.3) is 0 Å². The van der Waals surface area contributed by atoms with Gasteiger partial charge in [-0.15, -0.1) is 0 Å². The van der Waals surface area contributed by atoms with Gasteiger partial charge in [-0.1, -0.05) is 12.1 Å². The number of carbonyl (C=O) groups excluding carboxylic acids is 1. The highest BCUT2D eigenvalue weighted by Gasteiger charge is 2.44. The average Bonchev–Trinajstić information content (AvgIpc) is 3.05. The molecule has 1 spiro atoms. The van der Waals surface area contributed by atoms with Crippen molar-refractivity contribution in [2.24, 2.45) is 0 Å². The Morgan fingerprint density at radius 1 is 1.24 bits per heavy atom. The van der Waals surface area contributed by atoms with Crippen LogP contribution in [-0.2, 0) is 11.3 Å². The van der Waals surface area contributed by atoms with Crippen LogP contribution in [0.4, 0.5) is 5.69 Å². The molecule has 5 heteroatoms. The Kier molecular flexibility index (Phi) is 4.40. The Balaban J connectivity index is 1.35. The van der Waals surface area contributed by atoms with Gasteiger partial charge in [0.05, 0.1) is 30.5 Å². The quantitative estimate of drug-likeness (QED) is 0.880. The smallest absolute Gasteiger partial charge is 0.251 e. The van der Waals surface area contributed by atoms with Gasteiger partial charge in [-0.2, -0.15) is 0 Å². The van der Waals surface area contributed by atoms with Gasteiger partial charge >= 0.3 is 0 Å². The third-order valence-corrected chi connectivity index (χ3v) is 5.13. The van der Waals surface area contributed by atoms with Crippen LogP contribution in [0.1, 0.15) is 41.7 Å². The van der Waals surface area contributed by atoms with E-state index in [4.69, 9.17) is 4.74 Å². The van der Waals surface area contributed by atoms with Gasteiger partial charge in [-0.05, 0) is 56.0 Å². The molecule has 4 rings (SSSR count). The van der Waals surface area contributed by atoms with E-state index in [9.17, 15) is 4.79 Å². The Hall–Kier alpha value is -2.40.